The number of hydrogen-bond donors (Lipinski definition) is 2. The molecule has 1 aromatic carbocycles. The van der Waals surface area contributed by atoms with Gasteiger partial charge in [0.05, 0.1) is 5.92 Å². The number of carbonyl (C=O) groups is 1. The molecule has 0 fully saturated rings. The van der Waals surface area contributed by atoms with Gasteiger partial charge in [-0.15, -0.1) is 0 Å². The van der Waals surface area contributed by atoms with Crippen LogP contribution < -0.4 is 11.1 Å². The molecule has 1 amide bonds. The predicted molar refractivity (Wildman–Crippen MR) is 87.9 cm³/mol. The zero-order chi connectivity index (χ0) is 16.0. The van der Waals surface area contributed by atoms with Crippen LogP contribution in [0.4, 0.5) is 0 Å². The fourth-order valence-corrected chi connectivity index (χ4v) is 2.53. The SMILES string of the molecule is CC(C(=O)NCC(C)(C)CN(C)C)C(N)c1ccccc1. The van der Waals surface area contributed by atoms with Crippen molar-refractivity contribution < 1.29 is 4.79 Å². The molecule has 2 unspecified atom stereocenters. The number of benzene rings is 1. The van der Waals surface area contributed by atoms with E-state index in [1.54, 1.807) is 0 Å². The normalized spacial score (nSPS) is 14.8. The molecule has 0 saturated carbocycles. The van der Waals surface area contributed by atoms with Gasteiger partial charge in [0.15, 0.2) is 0 Å². The maximum absolute atomic E-state index is 12.3. The Labute approximate surface area is 128 Å². The zero-order valence-corrected chi connectivity index (χ0v) is 13.9. The largest absolute Gasteiger partial charge is 0.355 e. The Bertz CT molecular complexity index is 443. The molecule has 4 nitrogen and oxygen atoms in total. The van der Waals surface area contributed by atoms with Gasteiger partial charge in [-0.2, -0.15) is 0 Å². The molecular formula is C17H29N3O. The molecular weight excluding hydrogens is 262 g/mol. The lowest BCUT2D eigenvalue weighted by Gasteiger charge is -2.29. The fourth-order valence-electron chi connectivity index (χ4n) is 2.53. The van der Waals surface area contributed by atoms with Crippen molar-refractivity contribution in [3.05, 3.63) is 35.9 Å². The summed E-state index contributed by atoms with van der Waals surface area (Å²) in [6.07, 6.45) is 0. The van der Waals surface area contributed by atoms with Crippen molar-refractivity contribution in [2.45, 2.75) is 26.8 Å². The average molecular weight is 291 g/mol. The minimum Gasteiger partial charge on any atom is -0.355 e. The summed E-state index contributed by atoms with van der Waals surface area (Å²) in [5, 5.41) is 3.03. The highest BCUT2D eigenvalue weighted by Gasteiger charge is 2.25. The number of nitrogens with two attached hydrogens (primary N) is 1. The van der Waals surface area contributed by atoms with Gasteiger partial charge in [0.2, 0.25) is 5.91 Å². The lowest BCUT2D eigenvalue weighted by molar-refractivity contribution is -0.125. The van der Waals surface area contributed by atoms with E-state index in [0.717, 1.165) is 12.1 Å². The highest BCUT2D eigenvalue weighted by atomic mass is 16.1. The van der Waals surface area contributed by atoms with Crippen LogP contribution in [0.15, 0.2) is 30.3 Å². The van der Waals surface area contributed by atoms with E-state index in [-0.39, 0.29) is 23.3 Å². The van der Waals surface area contributed by atoms with Crippen LogP contribution in [0, 0.1) is 11.3 Å². The van der Waals surface area contributed by atoms with E-state index in [4.69, 9.17) is 5.73 Å². The summed E-state index contributed by atoms with van der Waals surface area (Å²) in [5.74, 6) is -0.235. The third-order valence-corrected chi connectivity index (χ3v) is 3.62. The molecule has 0 aliphatic carbocycles. The van der Waals surface area contributed by atoms with Gasteiger partial charge in [0, 0.05) is 19.1 Å². The van der Waals surface area contributed by atoms with Gasteiger partial charge in [-0.05, 0) is 25.1 Å². The zero-order valence-electron chi connectivity index (χ0n) is 13.9. The van der Waals surface area contributed by atoms with Crippen molar-refractivity contribution in [1.29, 1.82) is 0 Å². The molecule has 4 heteroatoms. The van der Waals surface area contributed by atoms with Crippen LogP contribution in [0.3, 0.4) is 0 Å². The Balaban J connectivity index is 2.55. The topological polar surface area (TPSA) is 58.4 Å². The molecule has 21 heavy (non-hydrogen) atoms. The molecule has 0 aliphatic rings. The van der Waals surface area contributed by atoms with E-state index in [1.165, 1.54) is 0 Å². The first-order valence-corrected chi connectivity index (χ1v) is 7.46. The number of hydrogen-bond acceptors (Lipinski definition) is 3. The number of nitrogens with one attached hydrogen (secondary N) is 1. The van der Waals surface area contributed by atoms with Gasteiger partial charge >= 0.3 is 0 Å². The van der Waals surface area contributed by atoms with Crippen LogP contribution in [0.25, 0.3) is 0 Å². The molecule has 0 bridgehead atoms. The standard InChI is InChI=1S/C17H29N3O/c1-13(15(18)14-9-7-6-8-10-14)16(21)19-11-17(2,3)12-20(4)5/h6-10,13,15H,11-12,18H2,1-5H3,(H,19,21). The maximum Gasteiger partial charge on any atom is 0.224 e. The number of nitrogens with zero attached hydrogens (tertiary/aromatic N) is 1. The fraction of sp³-hybridized carbons (Fsp3) is 0.588. The minimum absolute atomic E-state index is 0.0122. The second-order valence-corrected chi connectivity index (χ2v) is 6.84. The third-order valence-electron chi connectivity index (χ3n) is 3.62. The van der Waals surface area contributed by atoms with Crippen LogP contribution in [-0.4, -0.2) is 38.0 Å². The Morgan fingerprint density at radius 1 is 1.29 bits per heavy atom. The second-order valence-electron chi connectivity index (χ2n) is 6.84. The number of amides is 1. The summed E-state index contributed by atoms with van der Waals surface area (Å²) in [7, 11) is 4.08. The quantitative estimate of drug-likeness (QED) is 0.808. The molecule has 0 heterocycles. The van der Waals surface area contributed by atoms with Crippen molar-refractivity contribution in [3.8, 4) is 0 Å². The summed E-state index contributed by atoms with van der Waals surface area (Å²) in [6.45, 7) is 7.75. The second kappa shape index (κ2) is 7.57. The molecule has 118 valence electrons. The van der Waals surface area contributed by atoms with Gasteiger partial charge in [0.25, 0.3) is 0 Å². The Kier molecular flexibility index (Phi) is 6.37. The van der Waals surface area contributed by atoms with Gasteiger partial charge in [-0.1, -0.05) is 51.1 Å². The predicted octanol–water partition coefficient (Wildman–Crippen LogP) is 2.03. The van der Waals surface area contributed by atoms with Crippen LogP contribution >= 0.6 is 0 Å². The van der Waals surface area contributed by atoms with E-state index < -0.39 is 0 Å². The molecule has 2 atom stereocenters. The van der Waals surface area contributed by atoms with Gasteiger partial charge < -0.3 is 16.0 Å². The lowest BCUT2D eigenvalue weighted by atomic mass is 9.91. The first-order chi connectivity index (χ1) is 9.73. The molecule has 1 rings (SSSR count). The lowest BCUT2D eigenvalue weighted by Crippen LogP contribution is -2.43. The van der Waals surface area contributed by atoms with Gasteiger partial charge in [-0.3, -0.25) is 4.79 Å². The van der Waals surface area contributed by atoms with E-state index in [1.807, 2.05) is 51.4 Å². The molecule has 0 radical (unpaired) electrons. The van der Waals surface area contributed by atoms with Crippen molar-refractivity contribution in [2.75, 3.05) is 27.2 Å². The highest BCUT2D eigenvalue weighted by molar-refractivity contribution is 5.79. The molecule has 0 aromatic heterocycles. The van der Waals surface area contributed by atoms with E-state index in [9.17, 15) is 4.79 Å². The van der Waals surface area contributed by atoms with Crippen LogP contribution in [0.5, 0.6) is 0 Å². The van der Waals surface area contributed by atoms with Crippen molar-refractivity contribution >= 4 is 5.91 Å². The molecule has 3 N–H and O–H groups in total. The third kappa shape index (κ3) is 5.86. The summed E-state index contributed by atoms with van der Waals surface area (Å²) in [6, 6.07) is 9.49. The monoisotopic (exact) mass is 291 g/mol. The van der Waals surface area contributed by atoms with E-state index in [0.29, 0.717) is 6.54 Å². The Morgan fingerprint density at radius 3 is 2.38 bits per heavy atom. The molecule has 0 spiro atoms. The van der Waals surface area contributed by atoms with Crippen molar-refractivity contribution in [3.63, 3.8) is 0 Å². The summed E-state index contributed by atoms with van der Waals surface area (Å²) in [5.41, 5.74) is 7.22. The molecule has 1 aromatic rings. The Hall–Kier alpha value is -1.39. The summed E-state index contributed by atoms with van der Waals surface area (Å²) < 4.78 is 0. The highest BCUT2D eigenvalue weighted by Crippen LogP contribution is 2.20. The first-order valence-electron chi connectivity index (χ1n) is 7.46. The Morgan fingerprint density at radius 2 is 1.86 bits per heavy atom. The van der Waals surface area contributed by atoms with Crippen molar-refractivity contribution in [2.24, 2.45) is 17.1 Å². The van der Waals surface area contributed by atoms with Gasteiger partial charge in [0.1, 0.15) is 0 Å². The van der Waals surface area contributed by atoms with Gasteiger partial charge in [-0.25, -0.2) is 0 Å². The molecule has 0 aliphatic heterocycles. The van der Waals surface area contributed by atoms with Crippen LogP contribution in [0.1, 0.15) is 32.4 Å². The smallest absolute Gasteiger partial charge is 0.224 e. The number of carbonyl (C=O) groups excluding carboxylic acids is 1. The summed E-state index contributed by atoms with van der Waals surface area (Å²) >= 11 is 0. The maximum atomic E-state index is 12.3. The van der Waals surface area contributed by atoms with E-state index in [2.05, 4.69) is 24.1 Å². The van der Waals surface area contributed by atoms with Crippen molar-refractivity contribution in [1.82, 2.24) is 10.2 Å². The van der Waals surface area contributed by atoms with Crippen LogP contribution in [-0.2, 0) is 4.79 Å². The van der Waals surface area contributed by atoms with Crippen LogP contribution in [0.2, 0.25) is 0 Å². The molecule has 0 saturated heterocycles. The average Bonchev–Trinajstić information content (AvgIpc) is 2.43. The summed E-state index contributed by atoms with van der Waals surface area (Å²) in [4.78, 5) is 14.4. The first kappa shape index (κ1) is 17.7. The number of rotatable bonds is 7. The van der Waals surface area contributed by atoms with E-state index >= 15 is 0 Å². The minimum atomic E-state index is -0.275.